The largest absolute Gasteiger partial charge is 0.433 e. The third-order valence-corrected chi connectivity index (χ3v) is 3.47. The monoisotopic (exact) mass is 236 g/mol. The Balaban J connectivity index is 2.49. The highest BCUT2D eigenvalue weighted by Crippen LogP contribution is 2.44. The number of amides is 1. The van der Waals surface area contributed by atoms with Crippen molar-refractivity contribution < 1.29 is 14.6 Å². The van der Waals surface area contributed by atoms with Crippen LogP contribution in [0.3, 0.4) is 0 Å². The van der Waals surface area contributed by atoms with Gasteiger partial charge < -0.3 is 9.84 Å². The summed E-state index contributed by atoms with van der Waals surface area (Å²) in [6.45, 7) is 5.46. The highest BCUT2D eigenvalue weighted by Gasteiger charge is 2.59. The van der Waals surface area contributed by atoms with Crippen molar-refractivity contribution in [2.24, 2.45) is 0 Å². The van der Waals surface area contributed by atoms with Gasteiger partial charge in [-0.25, -0.2) is 4.79 Å². The molecule has 2 rings (SSSR count). The normalized spacial score (nSPS) is 32.7. The van der Waals surface area contributed by atoms with Crippen molar-refractivity contribution in [3.8, 4) is 0 Å². The summed E-state index contributed by atoms with van der Waals surface area (Å²) in [5.74, 6) is 0. The van der Waals surface area contributed by atoms with Crippen LogP contribution >= 0.6 is 0 Å². The Bertz CT molecular complexity index is 433. The first kappa shape index (κ1) is 11.9. The Morgan fingerprint density at radius 1 is 1.53 bits per heavy atom. The second-order valence-electron chi connectivity index (χ2n) is 4.41. The van der Waals surface area contributed by atoms with Gasteiger partial charge in [0.05, 0.1) is 0 Å². The van der Waals surface area contributed by atoms with Crippen LogP contribution in [0.15, 0.2) is 24.5 Å². The van der Waals surface area contributed by atoms with Crippen LogP contribution in [0.5, 0.6) is 0 Å². The lowest BCUT2D eigenvalue weighted by Crippen LogP contribution is -2.53. The van der Waals surface area contributed by atoms with Gasteiger partial charge in [0.25, 0.3) is 0 Å². The molecule has 0 bridgehead atoms. The third kappa shape index (κ3) is 1.50. The fourth-order valence-electron chi connectivity index (χ4n) is 2.18. The summed E-state index contributed by atoms with van der Waals surface area (Å²) >= 11 is 0. The summed E-state index contributed by atoms with van der Waals surface area (Å²) in [7, 11) is 0. The molecule has 1 saturated heterocycles. The molecular weight excluding hydrogens is 220 g/mol. The van der Waals surface area contributed by atoms with Gasteiger partial charge in [-0.15, -0.1) is 0 Å². The molecule has 1 N–H and O–H groups in total. The van der Waals surface area contributed by atoms with Gasteiger partial charge in [0.1, 0.15) is 0 Å². The molecular formula is C12H16N2O3. The summed E-state index contributed by atoms with van der Waals surface area (Å²) < 4.78 is 5.35. The molecule has 1 amide bonds. The lowest BCUT2D eigenvalue weighted by atomic mass is 9.87. The van der Waals surface area contributed by atoms with E-state index in [-0.39, 0.29) is 0 Å². The smallest absolute Gasteiger partial charge is 0.413 e. The minimum absolute atomic E-state index is 0.391. The van der Waals surface area contributed by atoms with E-state index < -0.39 is 17.4 Å². The number of carbonyl (C=O) groups excluding carboxylic acids is 1. The minimum atomic E-state index is -1.39. The van der Waals surface area contributed by atoms with Gasteiger partial charge in [0.15, 0.2) is 11.3 Å². The van der Waals surface area contributed by atoms with Crippen molar-refractivity contribution in [1.29, 1.82) is 0 Å². The van der Waals surface area contributed by atoms with E-state index in [9.17, 15) is 9.90 Å². The molecule has 5 nitrogen and oxygen atoms in total. The summed E-state index contributed by atoms with van der Waals surface area (Å²) in [5, 5.41) is 10.5. The van der Waals surface area contributed by atoms with Crippen LogP contribution in [0.4, 0.5) is 4.79 Å². The van der Waals surface area contributed by atoms with Gasteiger partial charge >= 0.3 is 6.09 Å². The molecule has 1 aliphatic rings. The molecule has 1 fully saturated rings. The first-order valence-corrected chi connectivity index (χ1v) is 5.57. The predicted molar refractivity (Wildman–Crippen MR) is 61.1 cm³/mol. The molecule has 0 radical (unpaired) electrons. The molecule has 1 aromatic rings. The zero-order valence-corrected chi connectivity index (χ0v) is 10.2. The Labute approximate surface area is 100 Å². The average Bonchev–Trinajstić information content (AvgIpc) is 2.47. The molecule has 0 spiro atoms. The molecule has 5 heteroatoms. The molecule has 17 heavy (non-hydrogen) atoms. The van der Waals surface area contributed by atoms with E-state index in [1.165, 1.54) is 4.90 Å². The molecule has 92 valence electrons. The molecule has 1 aliphatic heterocycles. The second kappa shape index (κ2) is 3.70. The highest BCUT2D eigenvalue weighted by molar-refractivity contribution is 5.72. The van der Waals surface area contributed by atoms with Gasteiger partial charge in [-0.3, -0.25) is 9.88 Å². The minimum Gasteiger partial charge on any atom is -0.433 e. The van der Waals surface area contributed by atoms with Crippen LogP contribution in [-0.4, -0.2) is 33.4 Å². The van der Waals surface area contributed by atoms with Crippen LogP contribution < -0.4 is 0 Å². The summed E-state index contributed by atoms with van der Waals surface area (Å²) in [5.41, 5.74) is -1.81. The SMILES string of the molecule is CCN1C(=O)O[C@](C)(c2cccnc2)[C@@]1(C)O. The number of hydrogen-bond donors (Lipinski definition) is 1. The number of nitrogens with zero attached hydrogens (tertiary/aromatic N) is 2. The van der Waals surface area contributed by atoms with E-state index >= 15 is 0 Å². The Morgan fingerprint density at radius 3 is 2.71 bits per heavy atom. The average molecular weight is 236 g/mol. The van der Waals surface area contributed by atoms with Gasteiger partial charge in [-0.2, -0.15) is 0 Å². The fraction of sp³-hybridized carbons (Fsp3) is 0.500. The topological polar surface area (TPSA) is 62.7 Å². The van der Waals surface area contributed by atoms with Gasteiger partial charge in [-0.05, 0) is 26.8 Å². The number of rotatable bonds is 2. The lowest BCUT2D eigenvalue weighted by Gasteiger charge is -2.37. The summed E-state index contributed by atoms with van der Waals surface area (Å²) in [6, 6.07) is 3.53. The van der Waals surface area contributed by atoms with Crippen molar-refractivity contribution >= 4 is 6.09 Å². The number of ether oxygens (including phenoxy) is 1. The highest BCUT2D eigenvalue weighted by atomic mass is 16.6. The molecule has 0 aromatic carbocycles. The summed E-state index contributed by atoms with van der Waals surface area (Å²) in [4.78, 5) is 17.0. The van der Waals surface area contributed by atoms with E-state index in [4.69, 9.17) is 4.74 Å². The van der Waals surface area contributed by atoms with E-state index in [0.29, 0.717) is 12.1 Å². The quantitative estimate of drug-likeness (QED) is 0.844. The number of aromatic nitrogens is 1. The molecule has 2 heterocycles. The van der Waals surface area contributed by atoms with Crippen molar-refractivity contribution in [1.82, 2.24) is 9.88 Å². The first-order chi connectivity index (χ1) is 7.93. The van der Waals surface area contributed by atoms with Crippen LogP contribution in [0.1, 0.15) is 26.3 Å². The number of pyridine rings is 1. The van der Waals surface area contributed by atoms with E-state index in [2.05, 4.69) is 4.98 Å². The molecule has 0 aliphatic carbocycles. The molecule has 0 saturated carbocycles. The van der Waals surface area contributed by atoms with Crippen LogP contribution in [-0.2, 0) is 10.3 Å². The maximum atomic E-state index is 11.7. The van der Waals surface area contributed by atoms with Crippen molar-refractivity contribution in [2.75, 3.05) is 6.54 Å². The van der Waals surface area contributed by atoms with Crippen LogP contribution in [0, 0.1) is 0 Å². The third-order valence-electron chi connectivity index (χ3n) is 3.47. The number of hydrogen-bond acceptors (Lipinski definition) is 4. The zero-order valence-electron chi connectivity index (χ0n) is 10.2. The maximum absolute atomic E-state index is 11.7. The van der Waals surface area contributed by atoms with E-state index in [1.807, 2.05) is 0 Å². The maximum Gasteiger partial charge on any atom is 0.413 e. The molecule has 2 atom stereocenters. The van der Waals surface area contributed by atoms with Crippen molar-refractivity contribution in [2.45, 2.75) is 32.1 Å². The Morgan fingerprint density at radius 2 is 2.24 bits per heavy atom. The van der Waals surface area contributed by atoms with Crippen molar-refractivity contribution in [3.05, 3.63) is 30.1 Å². The Hall–Kier alpha value is -1.62. The number of likely N-dealkylation sites (N-methyl/N-ethyl adjacent to an activating group) is 1. The van der Waals surface area contributed by atoms with Gasteiger partial charge in [0.2, 0.25) is 0 Å². The van der Waals surface area contributed by atoms with Crippen LogP contribution in [0.2, 0.25) is 0 Å². The number of carbonyl (C=O) groups is 1. The zero-order chi connectivity index (χ0) is 12.7. The standard InChI is InChI=1S/C12H16N2O3/c1-4-14-10(15)17-11(2,12(14,3)16)9-6-5-7-13-8-9/h5-8,16H,4H2,1-3H3/t11-,12-/m1/s1. The first-order valence-electron chi connectivity index (χ1n) is 5.57. The number of cyclic esters (lactones) is 1. The number of aliphatic hydroxyl groups is 1. The fourth-order valence-corrected chi connectivity index (χ4v) is 2.18. The Kier molecular flexibility index (Phi) is 2.58. The second-order valence-corrected chi connectivity index (χ2v) is 4.41. The van der Waals surface area contributed by atoms with E-state index in [1.54, 1.807) is 45.3 Å². The van der Waals surface area contributed by atoms with Gasteiger partial charge in [-0.1, -0.05) is 6.07 Å². The summed E-state index contributed by atoms with van der Waals surface area (Å²) in [6.07, 6.45) is 2.72. The molecule has 0 unspecified atom stereocenters. The van der Waals surface area contributed by atoms with Crippen molar-refractivity contribution in [3.63, 3.8) is 0 Å². The van der Waals surface area contributed by atoms with E-state index in [0.717, 1.165) is 0 Å². The van der Waals surface area contributed by atoms with Gasteiger partial charge in [0, 0.05) is 24.5 Å². The van der Waals surface area contributed by atoms with Crippen LogP contribution in [0.25, 0.3) is 0 Å². The lowest BCUT2D eigenvalue weighted by molar-refractivity contribution is -0.140. The molecule has 1 aromatic heterocycles. The predicted octanol–water partition coefficient (Wildman–Crippen LogP) is 1.48.